The fraction of sp³-hybridized carbons (Fsp3) is 0.364. The fourth-order valence-corrected chi connectivity index (χ4v) is 2.36. The van der Waals surface area contributed by atoms with Crippen LogP contribution in [0.2, 0.25) is 5.15 Å². The molecule has 0 bridgehead atoms. The maximum absolute atomic E-state index is 11.3. The summed E-state index contributed by atoms with van der Waals surface area (Å²) in [6.45, 7) is 0. The zero-order valence-electron chi connectivity index (χ0n) is 9.14. The molecule has 3 rings (SSSR count). The summed E-state index contributed by atoms with van der Waals surface area (Å²) in [6.07, 6.45) is 3.58. The summed E-state index contributed by atoms with van der Waals surface area (Å²) < 4.78 is 1.59. The topological polar surface area (TPSA) is 68.0 Å². The fourth-order valence-electron chi connectivity index (χ4n) is 2.11. The Labute approximate surface area is 102 Å². The Bertz CT molecular complexity index is 631. The van der Waals surface area contributed by atoms with Crippen LogP contribution >= 0.6 is 11.6 Å². The second-order valence-electron chi connectivity index (χ2n) is 4.26. The first-order chi connectivity index (χ1) is 8.11. The highest BCUT2D eigenvalue weighted by Gasteiger charge is 2.31. The van der Waals surface area contributed by atoms with Gasteiger partial charge < -0.3 is 9.67 Å². The molecule has 0 aliphatic heterocycles. The molecule has 2 aromatic rings. The number of hydrogen-bond acceptors (Lipinski definition) is 3. The van der Waals surface area contributed by atoms with Gasteiger partial charge in [-0.05, 0) is 12.8 Å². The smallest absolute Gasteiger partial charge is 0.339 e. The number of aryl methyl sites for hydroxylation is 1. The van der Waals surface area contributed by atoms with Crippen LogP contribution < -0.4 is 0 Å². The van der Waals surface area contributed by atoms with Gasteiger partial charge in [-0.3, -0.25) is 0 Å². The highest BCUT2D eigenvalue weighted by Crippen LogP contribution is 2.43. The lowest BCUT2D eigenvalue weighted by Crippen LogP contribution is -1.99. The van der Waals surface area contributed by atoms with Gasteiger partial charge in [0.05, 0.1) is 11.1 Å². The SMILES string of the molecule is Cn1c(Cl)c(C(=O)O)c2c(C3CC3)ncnc21. The van der Waals surface area contributed by atoms with Crippen LogP contribution in [0.15, 0.2) is 6.33 Å². The predicted octanol–water partition coefficient (Wildman–Crippen LogP) is 2.20. The minimum atomic E-state index is -1.03. The summed E-state index contributed by atoms with van der Waals surface area (Å²) in [5, 5.41) is 10.0. The monoisotopic (exact) mass is 251 g/mol. The lowest BCUT2D eigenvalue weighted by atomic mass is 10.1. The molecule has 1 N–H and O–H groups in total. The van der Waals surface area contributed by atoms with Crippen molar-refractivity contribution in [2.75, 3.05) is 0 Å². The van der Waals surface area contributed by atoms with Gasteiger partial charge in [-0.15, -0.1) is 0 Å². The van der Waals surface area contributed by atoms with Gasteiger partial charge in [0, 0.05) is 13.0 Å². The van der Waals surface area contributed by atoms with E-state index in [1.165, 1.54) is 6.33 Å². The van der Waals surface area contributed by atoms with Crippen molar-refractivity contribution in [2.45, 2.75) is 18.8 Å². The third kappa shape index (κ3) is 1.42. The molecule has 6 heteroatoms. The van der Waals surface area contributed by atoms with Gasteiger partial charge in [0.1, 0.15) is 22.7 Å². The molecule has 2 heterocycles. The zero-order chi connectivity index (χ0) is 12.2. The Morgan fingerprint density at radius 2 is 2.24 bits per heavy atom. The normalized spacial score (nSPS) is 15.4. The second kappa shape index (κ2) is 3.43. The highest BCUT2D eigenvalue weighted by molar-refractivity contribution is 6.35. The molecule has 2 aromatic heterocycles. The Balaban J connectivity index is 2.44. The van der Waals surface area contributed by atoms with E-state index in [1.807, 2.05) is 0 Å². The lowest BCUT2D eigenvalue weighted by Gasteiger charge is -2.00. The minimum Gasteiger partial charge on any atom is -0.478 e. The molecule has 88 valence electrons. The third-order valence-corrected chi connectivity index (χ3v) is 3.55. The van der Waals surface area contributed by atoms with Gasteiger partial charge in [-0.2, -0.15) is 0 Å². The molecule has 0 aromatic carbocycles. The summed E-state index contributed by atoms with van der Waals surface area (Å²) >= 11 is 6.04. The van der Waals surface area contributed by atoms with Crippen molar-refractivity contribution < 1.29 is 9.90 Å². The van der Waals surface area contributed by atoms with Gasteiger partial charge in [0.25, 0.3) is 0 Å². The van der Waals surface area contributed by atoms with Gasteiger partial charge in [0.2, 0.25) is 0 Å². The van der Waals surface area contributed by atoms with Crippen LogP contribution in [0.25, 0.3) is 11.0 Å². The first kappa shape index (κ1) is 10.5. The summed E-state index contributed by atoms with van der Waals surface area (Å²) in [7, 11) is 1.71. The van der Waals surface area contributed by atoms with E-state index in [1.54, 1.807) is 11.6 Å². The molecule has 0 spiro atoms. The van der Waals surface area contributed by atoms with Crippen molar-refractivity contribution in [3.8, 4) is 0 Å². The van der Waals surface area contributed by atoms with Crippen molar-refractivity contribution >= 4 is 28.6 Å². The average Bonchev–Trinajstić information content (AvgIpc) is 3.08. The van der Waals surface area contributed by atoms with Crippen LogP contribution in [-0.2, 0) is 7.05 Å². The number of halogens is 1. The first-order valence-corrected chi connectivity index (χ1v) is 5.71. The number of carboxylic acids is 1. The number of carbonyl (C=O) groups is 1. The number of nitrogens with zero attached hydrogens (tertiary/aromatic N) is 3. The lowest BCUT2D eigenvalue weighted by molar-refractivity contribution is 0.0699. The quantitative estimate of drug-likeness (QED) is 0.888. The van der Waals surface area contributed by atoms with E-state index < -0.39 is 5.97 Å². The van der Waals surface area contributed by atoms with Crippen LogP contribution in [0.3, 0.4) is 0 Å². The molecular formula is C11H10ClN3O2. The zero-order valence-corrected chi connectivity index (χ0v) is 9.90. The Morgan fingerprint density at radius 3 is 2.82 bits per heavy atom. The minimum absolute atomic E-state index is 0.117. The maximum Gasteiger partial charge on any atom is 0.339 e. The maximum atomic E-state index is 11.3. The predicted molar refractivity (Wildman–Crippen MR) is 62.5 cm³/mol. The van der Waals surface area contributed by atoms with E-state index in [0.717, 1.165) is 18.5 Å². The van der Waals surface area contributed by atoms with E-state index in [2.05, 4.69) is 9.97 Å². The molecule has 0 amide bonds. The molecule has 0 unspecified atom stereocenters. The van der Waals surface area contributed by atoms with Gasteiger partial charge in [-0.1, -0.05) is 11.6 Å². The van der Waals surface area contributed by atoms with Gasteiger partial charge in [0.15, 0.2) is 0 Å². The molecule has 17 heavy (non-hydrogen) atoms. The number of hydrogen-bond donors (Lipinski definition) is 1. The number of carboxylic acid groups (broad SMARTS) is 1. The van der Waals surface area contributed by atoms with E-state index in [9.17, 15) is 9.90 Å². The molecule has 1 saturated carbocycles. The van der Waals surface area contributed by atoms with Crippen molar-refractivity contribution in [3.05, 3.63) is 22.7 Å². The molecule has 5 nitrogen and oxygen atoms in total. The summed E-state index contributed by atoms with van der Waals surface area (Å²) in [4.78, 5) is 19.6. The second-order valence-corrected chi connectivity index (χ2v) is 4.62. The van der Waals surface area contributed by atoms with Crippen molar-refractivity contribution in [2.24, 2.45) is 7.05 Å². The van der Waals surface area contributed by atoms with E-state index >= 15 is 0 Å². The molecular weight excluding hydrogens is 242 g/mol. The molecule has 0 radical (unpaired) electrons. The average molecular weight is 252 g/mol. The highest BCUT2D eigenvalue weighted by atomic mass is 35.5. The Hall–Kier alpha value is -1.62. The Morgan fingerprint density at radius 1 is 1.53 bits per heavy atom. The van der Waals surface area contributed by atoms with Crippen LogP contribution in [0.1, 0.15) is 34.8 Å². The largest absolute Gasteiger partial charge is 0.478 e. The number of fused-ring (bicyclic) bond motifs is 1. The molecule has 0 atom stereocenters. The summed E-state index contributed by atoms with van der Waals surface area (Å²) in [6, 6.07) is 0. The van der Waals surface area contributed by atoms with Crippen LogP contribution in [0, 0.1) is 0 Å². The van der Waals surface area contributed by atoms with Crippen molar-refractivity contribution in [3.63, 3.8) is 0 Å². The summed E-state index contributed by atoms with van der Waals surface area (Å²) in [5.74, 6) is -0.672. The van der Waals surface area contributed by atoms with E-state index in [4.69, 9.17) is 11.6 Å². The van der Waals surface area contributed by atoms with Crippen LogP contribution in [0.4, 0.5) is 0 Å². The van der Waals surface area contributed by atoms with Gasteiger partial charge >= 0.3 is 5.97 Å². The van der Waals surface area contributed by atoms with E-state index in [-0.39, 0.29) is 10.7 Å². The Kier molecular flexibility index (Phi) is 2.13. The number of rotatable bonds is 2. The molecule has 1 fully saturated rings. The molecule has 1 aliphatic carbocycles. The third-order valence-electron chi connectivity index (χ3n) is 3.10. The first-order valence-electron chi connectivity index (χ1n) is 5.33. The standard InChI is InChI=1S/C11H10ClN3O2/c1-15-9(12)7(11(16)17)6-8(5-2-3-5)13-4-14-10(6)15/h4-5H,2-3H2,1H3,(H,16,17). The molecule has 1 aliphatic rings. The van der Waals surface area contributed by atoms with Crippen molar-refractivity contribution in [1.29, 1.82) is 0 Å². The number of aromatic nitrogens is 3. The van der Waals surface area contributed by atoms with Crippen LogP contribution in [-0.4, -0.2) is 25.6 Å². The molecule has 0 saturated heterocycles. The summed E-state index contributed by atoms with van der Waals surface area (Å²) in [5.41, 5.74) is 1.52. The number of aromatic carboxylic acids is 1. The van der Waals surface area contributed by atoms with Crippen molar-refractivity contribution in [1.82, 2.24) is 14.5 Å². The van der Waals surface area contributed by atoms with E-state index in [0.29, 0.717) is 17.0 Å². The van der Waals surface area contributed by atoms with Gasteiger partial charge in [-0.25, -0.2) is 14.8 Å². The van der Waals surface area contributed by atoms with Crippen LogP contribution in [0.5, 0.6) is 0 Å².